The summed E-state index contributed by atoms with van der Waals surface area (Å²) in [4.78, 5) is 15.1. The van der Waals surface area contributed by atoms with E-state index < -0.39 is 0 Å². The maximum absolute atomic E-state index is 12.3. The second-order valence-corrected chi connectivity index (χ2v) is 7.43. The van der Waals surface area contributed by atoms with Gasteiger partial charge in [0.25, 0.3) is 5.56 Å². The van der Waals surface area contributed by atoms with E-state index in [0.29, 0.717) is 18.1 Å². The predicted octanol–water partition coefficient (Wildman–Crippen LogP) is 3.81. The molecule has 0 atom stereocenters. The van der Waals surface area contributed by atoms with Gasteiger partial charge in [0.15, 0.2) is 0 Å². The van der Waals surface area contributed by atoms with Crippen molar-refractivity contribution in [2.24, 2.45) is 0 Å². The highest BCUT2D eigenvalue weighted by Gasteiger charge is 2.13. The normalized spacial score (nSPS) is 11.3. The highest BCUT2D eigenvalue weighted by atomic mass is 16.5. The van der Waals surface area contributed by atoms with Crippen LogP contribution in [0.25, 0.3) is 0 Å². The first-order chi connectivity index (χ1) is 12.8. The van der Waals surface area contributed by atoms with Crippen LogP contribution in [-0.2, 0) is 11.8 Å². The Hall–Kier alpha value is -3.15. The summed E-state index contributed by atoms with van der Waals surface area (Å²) in [6.45, 7) is 6.50. The van der Waals surface area contributed by atoms with Crippen molar-refractivity contribution in [1.82, 2.24) is 15.2 Å². The van der Waals surface area contributed by atoms with Crippen molar-refractivity contribution < 1.29 is 4.74 Å². The fraction of sp³-hybridized carbons (Fsp3) is 0.286. The quantitative estimate of drug-likeness (QED) is 0.720. The minimum absolute atomic E-state index is 0.0930. The Morgan fingerprint density at radius 3 is 2.22 bits per heavy atom. The molecular formula is C21H24N4O2. The zero-order valence-electron chi connectivity index (χ0n) is 16.0. The van der Waals surface area contributed by atoms with Gasteiger partial charge in [0, 0.05) is 12.1 Å². The zero-order chi connectivity index (χ0) is 19.4. The molecule has 0 aliphatic rings. The van der Waals surface area contributed by atoms with E-state index in [1.54, 1.807) is 7.11 Å². The molecule has 3 rings (SSSR count). The standard InChI is InChI=1S/C21H24N4O2/c1-21(2,3)15-7-9-16(10-8-15)22-20-23-19(26)18(24-25-20)13-14-5-11-17(27-4)12-6-14/h5-12H,13H2,1-4H3,(H2,22,23,25,26). The molecule has 0 aliphatic heterocycles. The van der Waals surface area contributed by atoms with Gasteiger partial charge in [-0.2, -0.15) is 0 Å². The number of hydrogen-bond acceptors (Lipinski definition) is 5. The average Bonchev–Trinajstić information content (AvgIpc) is 2.64. The van der Waals surface area contributed by atoms with E-state index in [4.69, 9.17) is 4.74 Å². The largest absolute Gasteiger partial charge is 0.497 e. The smallest absolute Gasteiger partial charge is 0.274 e. The van der Waals surface area contributed by atoms with Gasteiger partial charge in [-0.25, -0.2) is 0 Å². The molecular weight excluding hydrogens is 340 g/mol. The number of hydrogen-bond donors (Lipinski definition) is 2. The van der Waals surface area contributed by atoms with Gasteiger partial charge in [0.1, 0.15) is 11.4 Å². The summed E-state index contributed by atoms with van der Waals surface area (Å²) in [6.07, 6.45) is 0.410. The molecule has 2 aromatic carbocycles. The number of nitrogens with one attached hydrogen (secondary N) is 2. The predicted molar refractivity (Wildman–Crippen MR) is 107 cm³/mol. The minimum Gasteiger partial charge on any atom is -0.497 e. The van der Waals surface area contributed by atoms with Crippen LogP contribution in [0, 0.1) is 0 Å². The lowest BCUT2D eigenvalue weighted by Gasteiger charge is -2.19. The minimum atomic E-state index is -0.255. The molecule has 0 bridgehead atoms. The highest BCUT2D eigenvalue weighted by molar-refractivity contribution is 5.53. The topological polar surface area (TPSA) is 79.9 Å². The average molecular weight is 364 g/mol. The van der Waals surface area contributed by atoms with Crippen LogP contribution in [0.1, 0.15) is 37.6 Å². The van der Waals surface area contributed by atoms with Crippen LogP contribution in [0.15, 0.2) is 53.3 Å². The Morgan fingerprint density at radius 1 is 1.00 bits per heavy atom. The van der Waals surface area contributed by atoms with Crippen molar-refractivity contribution in [2.75, 3.05) is 12.4 Å². The number of aromatic amines is 1. The van der Waals surface area contributed by atoms with Crippen molar-refractivity contribution >= 4 is 11.6 Å². The molecule has 3 aromatic rings. The fourth-order valence-electron chi connectivity index (χ4n) is 2.66. The molecule has 27 heavy (non-hydrogen) atoms. The van der Waals surface area contributed by atoms with E-state index in [-0.39, 0.29) is 11.0 Å². The van der Waals surface area contributed by atoms with Crippen LogP contribution < -0.4 is 15.6 Å². The molecule has 1 aromatic heterocycles. The maximum atomic E-state index is 12.3. The summed E-state index contributed by atoms with van der Waals surface area (Å²) in [5, 5.41) is 11.3. The Balaban J connectivity index is 1.71. The van der Waals surface area contributed by atoms with Crippen molar-refractivity contribution in [3.63, 3.8) is 0 Å². The number of anilines is 2. The van der Waals surface area contributed by atoms with Crippen LogP contribution in [0.4, 0.5) is 11.6 Å². The molecule has 2 N–H and O–H groups in total. The number of nitrogens with zero attached hydrogens (tertiary/aromatic N) is 2. The Morgan fingerprint density at radius 2 is 1.67 bits per heavy atom. The SMILES string of the molecule is COc1ccc(Cc2nnc(Nc3ccc(C(C)(C)C)cc3)[nH]c2=O)cc1. The summed E-state index contributed by atoms with van der Waals surface area (Å²) in [5.41, 5.74) is 3.26. The van der Waals surface area contributed by atoms with Gasteiger partial charge >= 0.3 is 0 Å². The molecule has 0 radical (unpaired) electrons. The zero-order valence-corrected chi connectivity index (χ0v) is 16.0. The number of ether oxygens (including phenoxy) is 1. The molecule has 140 valence electrons. The van der Waals surface area contributed by atoms with Crippen LogP contribution in [0.5, 0.6) is 5.75 Å². The second-order valence-electron chi connectivity index (χ2n) is 7.43. The third kappa shape index (κ3) is 4.73. The summed E-state index contributed by atoms with van der Waals surface area (Å²) in [5.74, 6) is 1.10. The monoisotopic (exact) mass is 364 g/mol. The van der Waals surface area contributed by atoms with Crippen LogP contribution in [0.2, 0.25) is 0 Å². The highest BCUT2D eigenvalue weighted by Crippen LogP contribution is 2.24. The first kappa shape index (κ1) is 18.6. The molecule has 1 heterocycles. The van der Waals surface area contributed by atoms with E-state index in [9.17, 15) is 4.79 Å². The third-order valence-electron chi connectivity index (χ3n) is 4.31. The molecule has 0 unspecified atom stereocenters. The molecule has 6 heteroatoms. The molecule has 0 saturated carbocycles. The first-order valence-corrected chi connectivity index (χ1v) is 8.81. The van der Waals surface area contributed by atoms with E-state index in [1.165, 1.54) is 5.56 Å². The molecule has 0 amide bonds. The molecule has 0 saturated heterocycles. The number of benzene rings is 2. The van der Waals surface area contributed by atoms with E-state index in [1.807, 2.05) is 36.4 Å². The van der Waals surface area contributed by atoms with Gasteiger partial charge in [-0.15, -0.1) is 10.2 Å². The van der Waals surface area contributed by atoms with Gasteiger partial charge in [0.2, 0.25) is 5.95 Å². The van der Waals surface area contributed by atoms with Gasteiger partial charge in [0.05, 0.1) is 7.11 Å². The number of aromatic nitrogens is 3. The van der Waals surface area contributed by atoms with Gasteiger partial charge in [-0.3, -0.25) is 9.78 Å². The number of rotatable bonds is 5. The van der Waals surface area contributed by atoms with Crippen molar-refractivity contribution in [3.05, 3.63) is 75.7 Å². The summed E-state index contributed by atoms with van der Waals surface area (Å²) in [6, 6.07) is 15.6. The maximum Gasteiger partial charge on any atom is 0.274 e. The first-order valence-electron chi connectivity index (χ1n) is 8.81. The van der Waals surface area contributed by atoms with Crippen LogP contribution >= 0.6 is 0 Å². The molecule has 0 fully saturated rings. The number of methoxy groups -OCH3 is 1. The molecule has 6 nitrogen and oxygen atoms in total. The Bertz CT molecular complexity index is 955. The number of H-pyrrole nitrogens is 1. The molecule has 0 spiro atoms. The van der Waals surface area contributed by atoms with Crippen molar-refractivity contribution in [2.45, 2.75) is 32.6 Å². The summed E-state index contributed by atoms with van der Waals surface area (Å²) < 4.78 is 5.14. The van der Waals surface area contributed by atoms with E-state index in [2.05, 4.69) is 53.4 Å². The molecule has 0 aliphatic carbocycles. The lowest BCUT2D eigenvalue weighted by atomic mass is 9.87. The summed E-state index contributed by atoms with van der Waals surface area (Å²) in [7, 11) is 1.62. The third-order valence-corrected chi connectivity index (χ3v) is 4.31. The van der Waals surface area contributed by atoms with Crippen molar-refractivity contribution in [3.8, 4) is 5.75 Å². The van der Waals surface area contributed by atoms with Crippen LogP contribution in [0.3, 0.4) is 0 Å². The van der Waals surface area contributed by atoms with E-state index in [0.717, 1.165) is 17.0 Å². The van der Waals surface area contributed by atoms with E-state index >= 15 is 0 Å². The fourth-order valence-corrected chi connectivity index (χ4v) is 2.66. The Labute approximate surface area is 158 Å². The lowest BCUT2D eigenvalue weighted by molar-refractivity contribution is 0.414. The summed E-state index contributed by atoms with van der Waals surface area (Å²) >= 11 is 0. The van der Waals surface area contributed by atoms with Gasteiger partial charge < -0.3 is 10.1 Å². The van der Waals surface area contributed by atoms with Gasteiger partial charge in [-0.05, 0) is 40.8 Å². The second kappa shape index (κ2) is 7.61. The van der Waals surface area contributed by atoms with Crippen molar-refractivity contribution in [1.29, 1.82) is 0 Å². The lowest BCUT2D eigenvalue weighted by Crippen LogP contribution is -2.19. The Kier molecular flexibility index (Phi) is 5.26. The van der Waals surface area contributed by atoms with Crippen LogP contribution in [-0.4, -0.2) is 22.3 Å². The van der Waals surface area contributed by atoms with Gasteiger partial charge in [-0.1, -0.05) is 45.0 Å².